The molecule has 0 saturated carbocycles. The van der Waals surface area contributed by atoms with Crippen LogP contribution in [-0.2, 0) is 12.4 Å². The molecule has 0 spiro atoms. The summed E-state index contributed by atoms with van der Waals surface area (Å²) in [4.78, 5) is 11.1. The Morgan fingerprint density at radius 2 is 1.22 bits per heavy atom. The van der Waals surface area contributed by atoms with E-state index < -0.39 is 53.0 Å². The minimum atomic E-state index is -6.50. The SMILES string of the molecule is O=C(c1ccc(C(F)(F)F)cc1C(F)(F)F)C(F)(F)C(F)(F)F. The number of ketones is 1. The van der Waals surface area contributed by atoms with E-state index in [9.17, 15) is 53.1 Å². The van der Waals surface area contributed by atoms with E-state index in [0.29, 0.717) is 0 Å². The third-order valence-electron chi connectivity index (χ3n) is 2.54. The Kier molecular flexibility index (Phi) is 4.45. The summed E-state index contributed by atoms with van der Waals surface area (Å²) in [6, 6.07) is -1.28. The van der Waals surface area contributed by atoms with Gasteiger partial charge in [0.05, 0.1) is 11.1 Å². The number of hydrogen-bond acceptors (Lipinski definition) is 1. The molecule has 0 aliphatic rings. The second-order valence-electron chi connectivity index (χ2n) is 4.16. The van der Waals surface area contributed by atoms with Crippen molar-refractivity contribution in [1.82, 2.24) is 0 Å². The molecule has 0 fully saturated rings. The van der Waals surface area contributed by atoms with Gasteiger partial charge in [0, 0.05) is 5.56 Å². The molecule has 12 heteroatoms. The van der Waals surface area contributed by atoms with Gasteiger partial charge in [-0.15, -0.1) is 0 Å². The number of benzene rings is 1. The highest BCUT2D eigenvalue weighted by Gasteiger charge is 2.64. The third-order valence-corrected chi connectivity index (χ3v) is 2.54. The van der Waals surface area contributed by atoms with Crippen LogP contribution in [0.3, 0.4) is 0 Å². The Balaban J connectivity index is 3.58. The fourth-order valence-electron chi connectivity index (χ4n) is 1.45. The first-order valence-electron chi connectivity index (χ1n) is 5.27. The Labute approximate surface area is 119 Å². The van der Waals surface area contributed by atoms with Crippen molar-refractivity contribution in [2.24, 2.45) is 0 Å². The lowest BCUT2D eigenvalue weighted by atomic mass is 9.96. The maximum absolute atomic E-state index is 12.8. The highest BCUT2D eigenvalue weighted by molar-refractivity contribution is 6.03. The zero-order chi connectivity index (χ0) is 18.4. The van der Waals surface area contributed by atoms with Crippen molar-refractivity contribution in [2.75, 3.05) is 0 Å². The summed E-state index contributed by atoms with van der Waals surface area (Å²) in [5, 5.41) is 0. The highest BCUT2D eigenvalue weighted by atomic mass is 19.4. The van der Waals surface area contributed by atoms with Gasteiger partial charge in [0.1, 0.15) is 0 Å². The van der Waals surface area contributed by atoms with Crippen molar-refractivity contribution < 1.29 is 53.1 Å². The zero-order valence-electron chi connectivity index (χ0n) is 10.3. The molecule has 1 rings (SSSR count). The van der Waals surface area contributed by atoms with Crippen molar-refractivity contribution in [3.8, 4) is 0 Å². The number of carbonyl (C=O) groups is 1. The van der Waals surface area contributed by atoms with Crippen LogP contribution >= 0.6 is 0 Å². The van der Waals surface area contributed by atoms with Crippen LogP contribution in [0.1, 0.15) is 21.5 Å². The molecule has 1 aromatic carbocycles. The molecular formula is C11H3F11O. The first-order chi connectivity index (χ1) is 9.99. The van der Waals surface area contributed by atoms with Crippen LogP contribution in [0.25, 0.3) is 0 Å². The van der Waals surface area contributed by atoms with E-state index in [4.69, 9.17) is 0 Å². The summed E-state index contributed by atoms with van der Waals surface area (Å²) in [5.74, 6) is -9.49. The van der Waals surface area contributed by atoms with Crippen molar-refractivity contribution in [3.63, 3.8) is 0 Å². The van der Waals surface area contributed by atoms with Gasteiger partial charge < -0.3 is 0 Å². The van der Waals surface area contributed by atoms with E-state index in [0.717, 1.165) is 0 Å². The van der Waals surface area contributed by atoms with Gasteiger partial charge in [0.2, 0.25) is 5.78 Å². The van der Waals surface area contributed by atoms with Gasteiger partial charge in [-0.05, 0) is 18.2 Å². The summed E-state index contributed by atoms with van der Waals surface area (Å²) in [7, 11) is 0. The van der Waals surface area contributed by atoms with Crippen LogP contribution < -0.4 is 0 Å². The standard InChI is InChI=1S/C11H3F11O/c12-8(13,11(20,21)22)7(23)5-2-1-4(9(14,15)16)3-6(5)10(17,18)19/h1-3H. The molecular weight excluding hydrogens is 357 g/mol. The van der Waals surface area contributed by atoms with Gasteiger partial charge in [-0.1, -0.05) is 0 Å². The van der Waals surface area contributed by atoms with E-state index in [2.05, 4.69) is 0 Å². The molecule has 0 radical (unpaired) electrons. The molecule has 0 N–H and O–H groups in total. The van der Waals surface area contributed by atoms with E-state index >= 15 is 0 Å². The fraction of sp³-hybridized carbons (Fsp3) is 0.364. The lowest BCUT2D eigenvalue weighted by Crippen LogP contribution is -2.44. The summed E-state index contributed by atoms with van der Waals surface area (Å²) in [6.45, 7) is 0. The second-order valence-corrected chi connectivity index (χ2v) is 4.16. The number of hydrogen-bond donors (Lipinski definition) is 0. The number of alkyl halides is 11. The van der Waals surface area contributed by atoms with E-state index in [1.807, 2.05) is 0 Å². The molecule has 0 bridgehead atoms. The maximum Gasteiger partial charge on any atom is 0.461 e. The lowest BCUT2D eigenvalue weighted by molar-refractivity contribution is -0.256. The van der Waals surface area contributed by atoms with Crippen molar-refractivity contribution in [1.29, 1.82) is 0 Å². The molecule has 0 unspecified atom stereocenters. The lowest BCUT2D eigenvalue weighted by Gasteiger charge is -2.21. The molecule has 0 saturated heterocycles. The normalized spacial score (nSPS) is 14.0. The van der Waals surface area contributed by atoms with E-state index in [1.54, 1.807) is 0 Å². The number of halogens is 11. The largest absolute Gasteiger partial charge is 0.461 e. The van der Waals surface area contributed by atoms with Crippen molar-refractivity contribution in [2.45, 2.75) is 24.5 Å². The molecule has 0 aliphatic heterocycles. The highest BCUT2D eigenvalue weighted by Crippen LogP contribution is 2.42. The molecule has 0 atom stereocenters. The van der Waals surface area contributed by atoms with Gasteiger partial charge in [0.25, 0.3) is 0 Å². The topological polar surface area (TPSA) is 17.1 Å². The fourth-order valence-corrected chi connectivity index (χ4v) is 1.45. The molecule has 0 heterocycles. The number of carbonyl (C=O) groups excluding carboxylic acids is 1. The Bertz CT molecular complexity index is 606. The average Bonchev–Trinajstić information content (AvgIpc) is 2.33. The monoisotopic (exact) mass is 360 g/mol. The zero-order valence-corrected chi connectivity index (χ0v) is 10.3. The van der Waals surface area contributed by atoms with Crippen LogP contribution in [0.5, 0.6) is 0 Å². The average molecular weight is 360 g/mol. The minimum Gasteiger partial charge on any atom is -0.287 e. The molecule has 1 nitrogen and oxygen atoms in total. The van der Waals surface area contributed by atoms with E-state index in [1.165, 1.54) is 0 Å². The van der Waals surface area contributed by atoms with Gasteiger partial charge >= 0.3 is 24.5 Å². The molecule has 0 amide bonds. The molecule has 0 aromatic heterocycles. The molecule has 0 aliphatic carbocycles. The Morgan fingerprint density at radius 3 is 1.57 bits per heavy atom. The quantitative estimate of drug-likeness (QED) is 0.530. The minimum absolute atomic E-state index is 0.199. The molecule has 130 valence electrons. The number of Topliss-reactive ketones (excluding diaryl/α,β-unsaturated/α-hetero) is 1. The van der Waals surface area contributed by atoms with Gasteiger partial charge in [-0.3, -0.25) is 4.79 Å². The first kappa shape index (κ1) is 19.2. The summed E-state index contributed by atoms with van der Waals surface area (Å²) in [5.41, 5.74) is -6.72. The smallest absolute Gasteiger partial charge is 0.287 e. The maximum atomic E-state index is 12.8. The Hall–Kier alpha value is -1.88. The summed E-state index contributed by atoms with van der Waals surface area (Å²) in [6.07, 6.45) is -17.6. The van der Waals surface area contributed by atoms with Gasteiger partial charge in [-0.2, -0.15) is 48.3 Å². The number of rotatable bonds is 2. The van der Waals surface area contributed by atoms with Crippen molar-refractivity contribution >= 4 is 5.78 Å². The van der Waals surface area contributed by atoms with Crippen LogP contribution in [0, 0.1) is 0 Å². The second kappa shape index (κ2) is 5.34. The third kappa shape index (κ3) is 3.72. The molecule has 23 heavy (non-hydrogen) atoms. The van der Waals surface area contributed by atoms with Crippen molar-refractivity contribution in [3.05, 3.63) is 34.9 Å². The predicted molar refractivity (Wildman–Crippen MR) is 51.8 cm³/mol. The van der Waals surface area contributed by atoms with Crippen LogP contribution in [0.4, 0.5) is 48.3 Å². The first-order valence-corrected chi connectivity index (χ1v) is 5.27. The van der Waals surface area contributed by atoms with Crippen LogP contribution in [-0.4, -0.2) is 17.9 Å². The van der Waals surface area contributed by atoms with Crippen LogP contribution in [0.15, 0.2) is 18.2 Å². The predicted octanol–water partition coefficient (Wildman–Crippen LogP) is 5.10. The van der Waals surface area contributed by atoms with E-state index in [-0.39, 0.29) is 12.1 Å². The van der Waals surface area contributed by atoms with Gasteiger partial charge in [-0.25, -0.2) is 0 Å². The van der Waals surface area contributed by atoms with Gasteiger partial charge in [0.15, 0.2) is 0 Å². The van der Waals surface area contributed by atoms with Crippen LogP contribution in [0.2, 0.25) is 0 Å². The summed E-state index contributed by atoms with van der Waals surface area (Å²) < 4.78 is 137. The molecule has 1 aromatic rings. The Morgan fingerprint density at radius 1 is 0.739 bits per heavy atom. The summed E-state index contributed by atoms with van der Waals surface area (Å²) >= 11 is 0.